The van der Waals surface area contributed by atoms with Crippen LogP contribution in [0.4, 0.5) is 5.69 Å². The second-order valence-corrected chi connectivity index (χ2v) is 9.70. The van der Waals surface area contributed by atoms with Crippen molar-refractivity contribution in [3.05, 3.63) is 77.2 Å². The molecule has 1 aromatic heterocycles. The predicted octanol–water partition coefficient (Wildman–Crippen LogP) is 6.54. The SMILES string of the molecule is O=C(Nc1ccccc1-c1cccs1)c1ccc(C2SCCCS2)cc1. The molecule has 1 saturated heterocycles. The van der Waals surface area contributed by atoms with Gasteiger partial charge in [0.1, 0.15) is 0 Å². The number of carbonyl (C=O) groups is 1. The normalized spacial score (nSPS) is 14.9. The number of benzene rings is 2. The number of anilines is 1. The van der Waals surface area contributed by atoms with Gasteiger partial charge in [-0.1, -0.05) is 36.4 Å². The molecule has 2 aromatic carbocycles. The fourth-order valence-electron chi connectivity index (χ4n) is 2.91. The summed E-state index contributed by atoms with van der Waals surface area (Å²) in [7, 11) is 0. The Morgan fingerprint density at radius 2 is 1.69 bits per heavy atom. The average molecular weight is 398 g/mol. The van der Waals surface area contributed by atoms with E-state index < -0.39 is 0 Å². The molecular weight excluding hydrogens is 378 g/mol. The van der Waals surface area contributed by atoms with Gasteiger partial charge in [-0.2, -0.15) is 0 Å². The molecule has 0 atom stereocenters. The number of rotatable bonds is 4. The highest BCUT2D eigenvalue weighted by molar-refractivity contribution is 8.16. The van der Waals surface area contributed by atoms with Crippen molar-refractivity contribution in [1.29, 1.82) is 0 Å². The number of thiophene rings is 1. The van der Waals surface area contributed by atoms with Gasteiger partial charge in [0, 0.05) is 21.7 Å². The number of nitrogens with one attached hydrogen (secondary N) is 1. The van der Waals surface area contributed by atoms with Crippen LogP contribution in [-0.2, 0) is 0 Å². The summed E-state index contributed by atoms with van der Waals surface area (Å²) in [5.74, 6) is 2.38. The third-order valence-corrected chi connectivity index (χ3v) is 8.15. The lowest BCUT2D eigenvalue weighted by Gasteiger charge is -2.21. The predicted molar refractivity (Wildman–Crippen MR) is 116 cm³/mol. The molecule has 26 heavy (non-hydrogen) atoms. The van der Waals surface area contributed by atoms with E-state index in [4.69, 9.17) is 0 Å². The van der Waals surface area contributed by atoms with E-state index in [9.17, 15) is 4.79 Å². The molecule has 0 saturated carbocycles. The van der Waals surface area contributed by atoms with Gasteiger partial charge < -0.3 is 5.32 Å². The molecule has 132 valence electrons. The highest BCUT2D eigenvalue weighted by Gasteiger charge is 2.17. The van der Waals surface area contributed by atoms with Crippen LogP contribution in [-0.4, -0.2) is 17.4 Å². The lowest BCUT2D eigenvalue weighted by Crippen LogP contribution is -2.12. The smallest absolute Gasteiger partial charge is 0.255 e. The molecule has 1 aliphatic rings. The van der Waals surface area contributed by atoms with Crippen LogP contribution in [0.15, 0.2) is 66.0 Å². The van der Waals surface area contributed by atoms with E-state index >= 15 is 0 Å². The first kappa shape index (κ1) is 17.7. The van der Waals surface area contributed by atoms with Crippen molar-refractivity contribution in [3.8, 4) is 10.4 Å². The largest absolute Gasteiger partial charge is 0.321 e. The summed E-state index contributed by atoms with van der Waals surface area (Å²) >= 11 is 5.67. The van der Waals surface area contributed by atoms with Crippen LogP contribution in [0.3, 0.4) is 0 Å². The van der Waals surface area contributed by atoms with Crippen LogP contribution in [0.2, 0.25) is 0 Å². The first-order valence-electron chi connectivity index (χ1n) is 8.59. The van der Waals surface area contributed by atoms with Crippen LogP contribution in [0.1, 0.15) is 26.9 Å². The molecule has 2 nitrogen and oxygen atoms in total. The maximum atomic E-state index is 12.7. The number of carbonyl (C=O) groups excluding carboxylic acids is 1. The minimum absolute atomic E-state index is 0.0653. The Hall–Kier alpha value is -1.69. The van der Waals surface area contributed by atoms with Gasteiger partial charge in [-0.05, 0) is 53.1 Å². The van der Waals surface area contributed by atoms with Crippen molar-refractivity contribution in [2.45, 2.75) is 11.0 Å². The molecule has 0 spiro atoms. The van der Waals surface area contributed by atoms with E-state index in [0.717, 1.165) is 16.1 Å². The van der Waals surface area contributed by atoms with Gasteiger partial charge in [0.25, 0.3) is 5.91 Å². The number of hydrogen-bond donors (Lipinski definition) is 1. The summed E-state index contributed by atoms with van der Waals surface area (Å²) in [5, 5.41) is 5.12. The highest BCUT2D eigenvalue weighted by atomic mass is 32.2. The molecule has 3 aromatic rings. The van der Waals surface area contributed by atoms with Crippen molar-refractivity contribution < 1.29 is 4.79 Å². The molecule has 0 unspecified atom stereocenters. The molecule has 1 aliphatic heterocycles. The zero-order valence-electron chi connectivity index (χ0n) is 14.2. The van der Waals surface area contributed by atoms with Crippen molar-refractivity contribution in [2.24, 2.45) is 0 Å². The van der Waals surface area contributed by atoms with Gasteiger partial charge in [-0.15, -0.1) is 34.9 Å². The number of hydrogen-bond acceptors (Lipinski definition) is 4. The molecule has 0 radical (unpaired) electrons. The second kappa shape index (κ2) is 8.33. The minimum Gasteiger partial charge on any atom is -0.321 e. The third-order valence-electron chi connectivity index (χ3n) is 4.23. The fourth-order valence-corrected chi connectivity index (χ4v) is 6.57. The second-order valence-electron chi connectivity index (χ2n) is 6.03. The summed E-state index contributed by atoms with van der Waals surface area (Å²) in [6, 6.07) is 20.1. The number of thioether (sulfide) groups is 2. The summed E-state index contributed by atoms with van der Waals surface area (Å²) < 4.78 is 0.500. The number of para-hydroxylation sites is 1. The van der Waals surface area contributed by atoms with Crippen molar-refractivity contribution in [3.63, 3.8) is 0 Å². The molecular formula is C21H19NOS3. The zero-order valence-corrected chi connectivity index (χ0v) is 16.6. The van der Waals surface area contributed by atoms with E-state index in [2.05, 4.69) is 23.5 Å². The highest BCUT2D eigenvalue weighted by Crippen LogP contribution is 2.43. The summed E-state index contributed by atoms with van der Waals surface area (Å²) in [6.45, 7) is 0. The topological polar surface area (TPSA) is 29.1 Å². The lowest BCUT2D eigenvalue weighted by molar-refractivity contribution is 0.102. The van der Waals surface area contributed by atoms with E-state index in [-0.39, 0.29) is 5.91 Å². The monoisotopic (exact) mass is 397 g/mol. The van der Waals surface area contributed by atoms with E-state index in [1.807, 2.05) is 71.4 Å². The zero-order chi connectivity index (χ0) is 17.8. The molecule has 0 aliphatic carbocycles. The maximum Gasteiger partial charge on any atom is 0.255 e. The van der Waals surface area contributed by atoms with Gasteiger partial charge in [-0.25, -0.2) is 0 Å². The summed E-state index contributed by atoms with van der Waals surface area (Å²) in [5.41, 5.74) is 3.90. The van der Waals surface area contributed by atoms with E-state index in [1.54, 1.807) is 11.3 Å². The quantitative estimate of drug-likeness (QED) is 0.542. The van der Waals surface area contributed by atoms with Crippen LogP contribution in [0.5, 0.6) is 0 Å². The first-order valence-corrected chi connectivity index (χ1v) is 11.6. The van der Waals surface area contributed by atoms with Gasteiger partial charge >= 0.3 is 0 Å². The van der Waals surface area contributed by atoms with Crippen LogP contribution >= 0.6 is 34.9 Å². The average Bonchev–Trinajstić information content (AvgIpc) is 3.24. The van der Waals surface area contributed by atoms with E-state index in [0.29, 0.717) is 10.1 Å². The Morgan fingerprint density at radius 3 is 2.42 bits per heavy atom. The van der Waals surface area contributed by atoms with E-state index in [1.165, 1.54) is 23.5 Å². The Morgan fingerprint density at radius 1 is 0.923 bits per heavy atom. The molecule has 0 bridgehead atoms. The fraction of sp³-hybridized carbons (Fsp3) is 0.190. The lowest BCUT2D eigenvalue weighted by atomic mass is 10.1. The standard InChI is InChI=1S/C21H19NOS3/c23-20(15-8-10-16(11-9-15)21-25-13-4-14-26-21)22-18-6-2-1-5-17(18)19-7-3-12-24-19/h1-3,5-12,21H,4,13-14H2,(H,22,23). The van der Waals surface area contributed by atoms with Gasteiger partial charge in [-0.3, -0.25) is 4.79 Å². The van der Waals surface area contributed by atoms with Crippen molar-refractivity contribution in [1.82, 2.24) is 0 Å². The minimum atomic E-state index is -0.0653. The molecule has 2 heterocycles. The molecule has 5 heteroatoms. The Bertz CT molecular complexity index is 869. The van der Waals surface area contributed by atoms with Gasteiger partial charge in [0.15, 0.2) is 0 Å². The van der Waals surface area contributed by atoms with Crippen molar-refractivity contribution >= 4 is 46.5 Å². The molecule has 1 N–H and O–H groups in total. The van der Waals surface area contributed by atoms with Crippen LogP contribution in [0.25, 0.3) is 10.4 Å². The Kier molecular flexibility index (Phi) is 5.68. The summed E-state index contributed by atoms with van der Waals surface area (Å²) in [6.07, 6.45) is 1.29. The molecule has 4 rings (SSSR count). The molecule has 1 amide bonds. The van der Waals surface area contributed by atoms with Gasteiger partial charge in [0.05, 0.1) is 4.58 Å². The van der Waals surface area contributed by atoms with Crippen molar-refractivity contribution in [2.75, 3.05) is 16.8 Å². The third kappa shape index (κ3) is 4.00. The molecule has 1 fully saturated rings. The number of amides is 1. The first-order chi connectivity index (χ1) is 12.8. The Labute approximate surface area is 166 Å². The maximum absolute atomic E-state index is 12.7. The Balaban J connectivity index is 1.50. The van der Waals surface area contributed by atoms with Gasteiger partial charge in [0.2, 0.25) is 0 Å². The summed E-state index contributed by atoms with van der Waals surface area (Å²) in [4.78, 5) is 13.9. The van der Waals surface area contributed by atoms with Crippen LogP contribution < -0.4 is 5.32 Å². The van der Waals surface area contributed by atoms with Crippen LogP contribution in [0, 0.1) is 0 Å².